The Morgan fingerprint density at radius 1 is 1.43 bits per heavy atom. The summed E-state index contributed by atoms with van der Waals surface area (Å²) in [6.45, 7) is 9.52. The number of hydrogen-bond donors (Lipinski definition) is 0. The average Bonchev–Trinajstić information content (AvgIpc) is 2.21. The number of allylic oxidation sites excluding steroid dienone is 1. The van der Waals surface area contributed by atoms with E-state index in [1.807, 2.05) is 20.8 Å². The van der Waals surface area contributed by atoms with Gasteiger partial charge in [0.05, 0.1) is 4.92 Å². The standard InChI is InChI=1S/C9H9NO2.C2H6/c1-7(2)8-4-3-5-9(6-8)10(11)12;1-2/h3-6H,1H2,2H3;1-2H3. The van der Waals surface area contributed by atoms with Gasteiger partial charge in [0.25, 0.3) is 5.69 Å². The van der Waals surface area contributed by atoms with Crippen LogP contribution in [0.4, 0.5) is 5.69 Å². The molecule has 0 heterocycles. The molecule has 0 atom stereocenters. The van der Waals surface area contributed by atoms with E-state index in [0.29, 0.717) is 0 Å². The highest BCUT2D eigenvalue weighted by atomic mass is 16.6. The third-order valence-electron chi connectivity index (χ3n) is 1.55. The Balaban J connectivity index is 0.000000791. The van der Waals surface area contributed by atoms with Crippen molar-refractivity contribution in [3.8, 4) is 0 Å². The predicted octanol–water partition coefficient (Wildman–Crippen LogP) is 3.65. The first kappa shape index (κ1) is 12.4. The van der Waals surface area contributed by atoms with Crippen LogP contribution in [-0.2, 0) is 0 Å². The van der Waals surface area contributed by atoms with Crippen molar-refractivity contribution in [3.05, 3.63) is 46.5 Å². The van der Waals surface area contributed by atoms with Crippen molar-refractivity contribution in [1.29, 1.82) is 0 Å². The molecule has 0 fully saturated rings. The summed E-state index contributed by atoms with van der Waals surface area (Å²) in [5, 5.41) is 10.4. The summed E-state index contributed by atoms with van der Waals surface area (Å²) in [5.41, 5.74) is 1.75. The molecule has 0 amide bonds. The summed E-state index contributed by atoms with van der Waals surface area (Å²) < 4.78 is 0. The predicted molar refractivity (Wildman–Crippen MR) is 59.2 cm³/mol. The zero-order valence-corrected chi connectivity index (χ0v) is 8.78. The molecule has 0 aliphatic heterocycles. The van der Waals surface area contributed by atoms with Crippen molar-refractivity contribution in [2.45, 2.75) is 20.8 Å². The lowest BCUT2D eigenvalue weighted by molar-refractivity contribution is -0.384. The Morgan fingerprint density at radius 3 is 2.43 bits per heavy atom. The highest BCUT2D eigenvalue weighted by Crippen LogP contribution is 2.17. The maximum Gasteiger partial charge on any atom is 0.270 e. The van der Waals surface area contributed by atoms with Crippen molar-refractivity contribution in [3.63, 3.8) is 0 Å². The van der Waals surface area contributed by atoms with E-state index < -0.39 is 4.92 Å². The summed E-state index contributed by atoms with van der Waals surface area (Å²) >= 11 is 0. The molecule has 0 N–H and O–H groups in total. The Bertz CT molecular complexity index is 303. The van der Waals surface area contributed by atoms with Crippen LogP contribution in [0.2, 0.25) is 0 Å². The molecule has 3 heteroatoms. The van der Waals surface area contributed by atoms with E-state index in [0.717, 1.165) is 11.1 Å². The van der Waals surface area contributed by atoms with Crippen LogP contribution in [0.1, 0.15) is 26.3 Å². The van der Waals surface area contributed by atoms with Gasteiger partial charge in [0.1, 0.15) is 0 Å². The Hall–Kier alpha value is -1.64. The normalized spacial score (nSPS) is 8.50. The minimum absolute atomic E-state index is 0.107. The Kier molecular flexibility index (Phi) is 5.22. The smallest absolute Gasteiger partial charge is 0.258 e. The fourth-order valence-corrected chi connectivity index (χ4v) is 0.885. The van der Waals surface area contributed by atoms with Crippen LogP contribution in [0.15, 0.2) is 30.8 Å². The van der Waals surface area contributed by atoms with Gasteiger partial charge in [-0.1, -0.05) is 38.1 Å². The van der Waals surface area contributed by atoms with Crippen molar-refractivity contribution < 1.29 is 4.92 Å². The third kappa shape index (κ3) is 3.39. The monoisotopic (exact) mass is 193 g/mol. The Morgan fingerprint density at radius 2 is 2.00 bits per heavy atom. The van der Waals surface area contributed by atoms with E-state index in [-0.39, 0.29) is 5.69 Å². The number of benzene rings is 1. The lowest BCUT2D eigenvalue weighted by Gasteiger charge is -1.97. The molecule has 0 spiro atoms. The molecule has 0 saturated heterocycles. The van der Waals surface area contributed by atoms with E-state index in [1.54, 1.807) is 12.1 Å². The van der Waals surface area contributed by atoms with E-state index in [4.69, 9.17) is 0 Å². The van der Waals surface area contributed by atoms with Crippen molar-refractivity contribution in [2.75, 3.05) is 0 Å². The van der Waals surface area contributed by atoms with Crippen molar-refractivity contribution in [2.24, 2.45) is 0 Å². The molecule has 0 unspecified atom stereocenters. The molecular formula is C11H15NO2. The number of nitro benzene ring substituents is 1. The molecule has 0 saturated carbocycles. The van der Waals surface area contributed by atoms with Crippen LogP contribution in [0.5, 0.6) is 0 Å². The van der Waals surface area contributed by atoms with Gasteiger partial charge in [-0.3, -0.25) is 10.1 Å². The van der Waals surface area contributed by atoms with Crippen LogP contribution in [0.25, 0.3) is 5.57 Å². The van der Waals surface area contributed by atoms with E-state index in [1.165, 1.54) is 12.1 Å². The molecule has 76 valence electrons. The highest BCUT2D eigenvalue weighted by molar-refractivity contribution is 5.63. The van der Waals surface area contributed by atoms with Gasteiger partial charge in [-0.2, -0.15) is 0 Å². The van der Waals surface area contributed by atoms with Gasteiger partial charge in [0.2, 0.25) is 0 Å². The molecule has 0 aromatic heterocycles. The van der Waals surface area contributed by atoms with Crippen LogP contribution < -0.4 is 0 Å². The van der Waals surface area contributed by atoms with E-state index >= 15 is 0 Å². The molecule has 0 aliphatic rings. The number of nitrogens with zero attached hydrogens (tertiary/aromatic N) is 1. The molecule has 1 aromatic rings. The van der Waals surface area contributed by atoms with E-state index in [2.05, 4.69) is 6.58 Å². The zero-order valence-electron chi connectivity index (χ0n) is 8.78. The molecule has 0 aliphatic carbocycles. The third-order valence-corrected chi connectivity index (χ3v) is 1.55. The number of rotatable bonds is 2. The van der Waals surface area contributed by atoms with Gasteiger partial charge < -0.3 is 0 Å². The minimum Gasteiger partial charge on any atom is -0.258 e. The van der Waals surface area contributed by atoms with Crippen molar-refractivity contribution in [1.82, 2.24) is 0 Å². The largest absolute Gasteiger partial charge is 0.270 e. The summed E-state index contributed by atoms with van der Waals surface area (Å²) in [6.07, 6.45) is 0. The maximum atomic E-state index is 10.4. The minimum atomic E-state index is -0.410. The fraction of sp³-hybridized carbons (Fsp3) is 0.273. The fourth-order valence-electron chi connectivity index (χ4n) is 0.885. The molecular weight excluding hydrogens is 178 g/mol. The number of hydrogen-bond acceptors (Lipinski definition) is 2. The molecule has 0 bridgehead atoms. The first-order chi connectivity index (χ1) is 6.61. The van der Waals surface area contributed by atoms with Gasteiger partial charge in [0.15, 0.2) is 0 Å². The number of nitro groups is 1. The summed E-state index contributed by atoms with van der Waals surface area (Å²) in [4.78, 5) is 9.94. The SMILES string of the molecule is C=C(C)c1cccc([N+](=O)[O-])c1.CC. The first-order valence-corrected chi connectivity index (χ1v) is 4.51. The van der Waals surface area contributed by atoms with Gasteiger partial charge >= 0.3 is 0 Å². The van der Waals surface area contributed by atoms with E-state index in [9.17, 15) is 10.1 Å². The summed E-state index contributed by atoms with van der Waals surface area (Å²) in [7, 11) is 0. The second-order valence-corrected chi connectivity index (χ2v) is 2.59. The second-order valence-electron chi connectivity index (χ2n) is 2.59. The van der Waals surface area contributed by atoms with Gasteiger partial charge in [0, 0.05) is 12.1 Å². The molecule has 1 aromatic carbocycles. The quantitative estimate of drug-likeness (QED) is 0.531. The van der Waals surface area contributed by atoms with Gasteiger partial charge in [-0.05, 0) is 12.5 Å². The average molecular weight is 193 g/mol. The Labute approximate surface area is 84.2 Å². The van der Waals surface area contributed by atoms with Crippen LogP contribution >= 0.6 is 0 Å². The topological polar surface area (TPSA) is 43.1 Å². The lowest BCUT2D eigenvalue weighted by Crippen LogP contribution is -1.88. The molecule has 1 rings (SSSR count). The zero-order chi connectivity index (χ0) is 11.1. The molecule has 3 nitrogen and oxygen atoms in total. The van der Waals surface area contributed by atoms with Gasteiger partial charge in [-0.15, -0.1) is 0 Å². The first-order valence-electron chi connectivity index (χ1n) is 4.51. The van der Waals surface area contributed by atoms with Crippen LogP contribution in [-0.4, -0.2) is 4.92 Å². The summed E-state index contributed by atoms with van der Waals surface area (Å²) in [5.74, 6) is 0. The van der Waals surface area contributed by atoms with Gasteiger partial charge in [-0.25, -0.2) is 0 Å². The lowest BCUT2D eigenvalue weighted by atomic mass is 10.1. The number of non-ortho nitro benzene ring substituents is 1. The molecule has 14 heavy (non-hydrogen) atoms. The van der Waals surface area contributed by atoms with Crippen LogP contribution in [0.3, 0.4) is 0 Å². The summed E-state index contributed by atoms with van der Waals surface area (Å²) in [6, 6.07) is 6.44. The van der Waals surface area contributed by atoms with Crippen molar-refractivity contribution >= 4 is 11.3 Å². The maximum absolute atomic E-state index is 10.4. The molecule has 0 radical (unpaired) electrons. The second kappa shape index (κ2) is 5.91. The highest BCUT2D eigenvalue weighted by Gasteiger charge is 2.04. The van der Waals surface area contributed by atoms with Crippen LogP contribution in [0, 0.1) is 10.1 Å².